The lowest BCUT2D eigenvalue weighted by atomic mass is 9.91. The van der Waals surface area contributed by atoms with Gasteiger partial charge in [0, 0.05) is 23.8 Å². The minimum absolute atomic E-state index is 0. The van der Waals surface area contributed by atoms with Crippen molar-refractivity contribution in [3.05, 3.63) is 71.1 Å². The Hall–Kier alpha value is -1.93. The van der Waals surface area contributed by atoms with E-state index in [1.165, 1.54) is 33.6 Å². The van der Waals surface area contributed by atoms with Gasteiger partial charge in [-0.15, -0.1) is 0 Å². The highest BCUT2D eigenvalue weighted by atomic mass is 35.5. The maximum absolute atomic E-state index is 2.45. The smallest absolute Gasteiger partial charge is 0.0989 e. The van der Waals surface area contributed by atoms with E-state index in [4.69, 9.17) is 0 Å². The van der Waals surface area contributed by atoms with Crippen LogP contribution in [0.4, 0.5) is 11.4 Å². The Kier molecular flexibility index (Phi) is 8.05. The predicted octanol–water partition coefficient (Wildman–Crippen LogP) is 4.94. The van der Waals surface area contributed by atoms with Crippen LogP contribution in [0.2, 0.25) is 0 Å². The molecule has 3 heteroatoms. The molecule has 0 atom stereocenters. The van der Waals surface area contributed by atoms with Crippen molar-refractivity contribution in [3.8, 4) is 0 Å². The van der Waals surface area contributed by atoms with Crippen molar-refractivity contribution in [1.82, 2.24) is 0 Å². The number of rotatable bonds is 6. The van der Waals surface area contributed by atoms with Crippen LogP contribution in [-0.4, -0.2) is 6.67 Å². The number of benzene rings is 2. The van der Waals surface area contributed by atoms with Crippen molar-refractivity contribution in [3.63, 3.8) is 0 Å². The molecule has 2 aromatic carbocycles. The van der Waals surface area contributed by atoms with Crippen LogP contribution in [0.3, 0.4) is 0 Å². The molecule has 164 valence electrons. The van der Waals surface area contributed by atoms with Crippen molar-refractivity contribution in [2.45, 2.75) is 79.1 Å². The Balaban J connectivity index is 0.00000320. The lowest BCUT2D eigenvalue weighted by Gasteiger charge is -2.31. The zero-order valence-electron chi connectivity index (χ0n) is 19.9. The van der Waals surface area contributed by atoms with Crippen molar-refractivity contribution in [1.29, 1.82) is 0 Å². The maximum atomic E-state index is 2.45. The quantitative estimate of drug-likeness (QED) is 0.646. The zero-order chi connectivity index (χ0) is 21.3. The van der Waals surface area contributed by atoms with Crippen LogP contribution in [0.15, 0.2) is 48.8 Å². The fourth-order valence-corrected chi connectivity index (χ4v) is 4.40. The summed E-state index contributed by atoms with van der Waals surface area (Å²) >= 11 is 0. The number of hydrogen-bond acceptors (Lipinski definition) is 2. The fourth-order valence-electron chi connectivity index (χ4n) is 4.40. The largest absolute Gasteiger partial charge is 1.00 e. The summed E-state index contributed by atoms with van der Waals surface area (Å²) in [5, 5.41) is 0. The van der Waals surface area contributed by atoms with Crippen molar-refractivity contribution < 1.29 is 12.4 Å². The van der Waals surface area contributed by atoms with Gasteiger partial charge in [0.1, 0.15) is 0 Å². The molecule has 0 bridgehead atoms. The molecule has 0 aliphatic carbocycles. The number of halogens is 1. The SMILES string of the molecule is CC(C)c1cccc(C(C)C)c1N1C=CN(c2c(C(C)C)cccc2C(C)C)C1.[Cl-]. The molecule has 0 saturated heterocycles. The number of para-hydroxylation sites is 2. The number of hydrogen-bond donors (Lipinski definition) is 0. The van der Waals surface area contributed by atoms with Crippen LogP contribution in [-0.2, 0) is 0 Å². The van der Waals surface area contributed by atoms with Crippen LogP contribution in [0, 0.1) is 0 Å². The third kappa shape index (κ3) is 4.70. The molecule has 0 amide bonds. The van der Waals surface area contributed by atoms with E-state index in [0.29, 0.717) is 23.7 Å². The van der Waals surface area contributed by atoms with E-state index >= 15 is 0 Å². The third-order valence-corrected chi connectivity index (χ3v) is 5.99. The van der Waals surface area contributed by atoms with Gasteiger partial charge in [0.2, 0.25) is 0 Å². The van der Waals surface area contributed by atoms with Gasteiger partial charge in [-0.2, -0.15) is 0 Å². The van der Waals surface area contributed by atoms with E-state index in [0.717, 1.165) is 6.67 Å². The molecule has 0 aromatic heterocycles. The lowest BCUT2D eigenvalue weighted by Crippen LogP contribution is -3.00. The molecule has 0 saturated carbocycles. The van der Waals surface area contributed by atoms with E-state index in [2.05, 4.69) is 114 Å². The maximum Gasteiger partial charge on any atom is 0.0989 e. The number of nitrogens with zero attached hydrogens (tertiary/aromatic N) is 2. The van der Waals surface area contributed by atoms with Gasteiger partial charge in [0.25, 0.3) is 0 Å². The second-order valence-electron chi connectivity index (χ2n) is 9.57. The molecule has 2 nitrogen and oxygen atoms in total. The second kappa shape index (κ2) is 9.92. The Bertz CT molecular complexity index is 756. The minimum atomic E-state index is 0. The summed E-state index contributed by atoms with van der Waals surface area (Å²) in [5.41, 5.74) is 8.52. The summed E-state index contributed by atoms with van der Waals surface area (Å²) in [6.45, 7) is 19.2. The van der Waals surface area contributed by atoms with Crippen LogP contribution in [0.25, 0.3) is 0 Å². The second-order valence-corrected chi connectivity index (χ2v) is 9.57. The Morgan fingerprint density at radius 2 is 0.800 bits per heavy atom. The Morgan fingerprint density at radius 3 is 1.03 bits per heavy atom. The zero-order valence-corrected chi connectivity index (χ0v) is 20.7. The number of anilines is 2. The molecule has 1 heterocycles. The first-order valence-corrected chi connectivity index (χ1v) is 11.2. The lowest BCUT2D eigenvalue weighted by molar-refractivity contribution is -0.00000640. The van der Waals surface area contributed by atoms with Crippen molar-refractivity contribution in [2.75, 3.05) is 16.5 Å². The van der Waals surface area contributed by atoms with Gasteiger partial charge in [-0.1, -0.05) is 91.8 Å². The third-order valence-electron chi connectivity index (χ3n) is 5.99. The normalized spacial score (nSPS) is 13.9. The van der Waals surface area contributed by atoms with Gasteiger partial charge in [0.05, 0.1) is 6.67 Å². The average molecular weight is 426 g/mol. The average Bonchev–Trinajstić information content (AvgIpc) is 3.15. The van der Waals surface area contributed by atoms with E-state index < -0.39 is 0 Å². The highest BCUT2D eigenvalue weighted by Gasteiger charge is 2.26. The van der Waals surface area contributed by atoms with Crippen LogP contribution in [0.5, 0.6) is 0 Å². The molecule has 3 rings (SSSR count). The van der Waals surface area contributed by atoms with Crippen LogP contribution in [0.1, 0.15) is 101 Å². The molecule has 0 N–H and O–H groups in total. The van der Waals surface area contributed by atoms with Gasteiger partial charge < -0.3 is 22.2 Å². The summed E-state index contributed by atoms with van der Waals surface area (Å²) in [5.74, 6) is 2.00. The molecule has 1 aliphatic heterocycles. The standard InChI is InChI=1S/C27H38N2.ClH/c1-18(2)22-11-9-12-23(19(3)4)26(22)28-15-16-29(17-28)27-24(20(5)6)13-10-14-25(27)21(7)8;/h9-16,18-21H,17H2,1-8H3;1H/p-1. The fraction of sp³-hybridized carbons (Fsp3) is 0.481. The molecule has 0 radical (unpaired) electrons. The molecule has 30 heavy (non-hydrogen) atoms. The first-order chi connectivity index (χ1) is 13.7. The molecular weight excluding hydrogens is 388 g/mol. The molecule has 0 spiro atoms. The molecule has 2 aromatic rings. The molecule has 1 aliphatic rings. The Morgan fingerprint density at radius 1 is 0.533 bits per heavy atom. The van der Waals surface area contributed by atoms with Gasteiger partial charge in [-0.25, -0.2) is 0 Å². The highest BCUT2D eigenvalue weighted by molar-refractivity contribution is 5.70. The van der Waals surface area contributed by atoms with Crippen LogP contribution >= 0.6 is 0 Å². The molecular formula is C27H38ClN2-. The van der Waals surface area contributed by atoms with Crippen molar-refractivity contribution >= 4 is 11.4 Å². The van der Waals surface area contributed by atoms with E-state index in [1.54, 1.807) is 0 Å². The van der Waals surface area contributed by atoms with Gasteiger partial charge in [0.15, 0.2) is 0 Å². The summed E-state index contributed by atoms with van der Waals surface area (Å²) in [7, 11) is 0. The van der Waals surface area contributed by atoms with Crippen molar-refractivity contribution in [2.24, 2.45) is 0 Å². The van der Waals surface area contributed by atoms with Gasteiger partial charge in [-0.3, -0.25) is 0 Å². The van der Waals surface area contributed by atoms with E-state index in [-0.39, 0.29) is 12.4 Å². The monoisotopic (exact) mass is 425 g/mol. The van der Waals surface area contributed by atoms with E-state index in [9.17, 15) is 0 Å². The topological polar surface area (TPSA) is 6.48 Å². The molecule has 0 unspecified atom stereocenters. The highest BCUT2D eigenvalue weighted by Crippen LogP contribution is 2.40. The summed E-state index contributed by atoms with van der Waals surface area (Å²) in [6, 6.07) is 13.6. The summed E-state index contributed by atoms with van der Waals surface area (Å²) in [4.78, 5) is 4.90. The summed E-state index contributed by atoms with van der Waals surface area (Å²) in [6.07, 6.45) is 4.54. The Labute approximate surface area is 190 Å². The molecule has 0 fully saturated rings. The van der Waals surface area contributed by atoms with Gasteiger partial charge in [-0.05, 0) is 45.9 Å². The summed E-state index contributed by atoms with van der Waals surface area (Å²) < 4.78 is 0. The van der Waals surface area contributed by atoms with Crippen LogP contribution < -0.4 is 22.2 Å². The van der Waals surface area contributed by atoms with Gasteiger partial charge >= 0.3 is 0 Å². The first-order valence-electron chi connectivity index (χ1n) is 11.2. The minimum Gasteiger partial charge on any atom is -1.00 e. The first kappa shape index (κ1) is 24.3. The van der Waals surface area contributed by atoms with E-state index in [1.807, 2.05) is 0 Å². The predicted molar refractivity (Wildman–Crippen MR) is 128 cm³/mol.